The highest BCUT2D eigenvalue weighted by atomic mass is 16.5. The van der Waals surface area contributed by atoms with Crippen LogP contribution in [0.5, 0.6) is 0 Å². The van der Waals surface area contributed by atoms with Crippen LogP contribution in [0.25, 0.3) is 11.4 Å². The molecule has 2 aromatic heterocycles. The Labute approximate surface area is 109 Å². The third kappa shape index (κ3) is 2.48. The number of aromatic nitrogens is 5. The van der Waals surface area contributed by atoms with E-state index in [9.17, 15) is 9.90 Å². The molecule has 0 radical (unpaired) electrons. The predicted molar refractivity (Wildman–Crippen MR) is 65.7 cm³/mol. The highest BCUT2D eigenvalue weighted by Crippen LogP contribution is 2.21. The number of aromatic carboxylic acids is 1. The van der Waals surface area contributed by atoms with Crippen LogP contribution in [-0.2, 0) is 18.3 Å². The van der Waals surface area contributed by atoms with Crippen LogP contribution in [0.3, 0.4) is 0 Å². The van der Waals surface area contributed by atoms with Gasteiger partial charge in [-0.05, 0) is 6.92 Å². The molecule has 8 heteroatoms. The van der Waals surface area contributed by atoms with Crippen LogP contribution in [0.4, 0.5) is 0 Å². The van der Waals surface area contributed by atoms with Gasteiger partial charge in [0.15, 0.2) is 5.69 Å². The number of carboxylic acids is 1. The number of carboxylic acid groups (broad SMARTS) is 1. The summed E-state index contributed by atoms with van der Waals surface area (Å²) in [4.78, 5) is 15.2. The van der Waals surface area contributed by atoms with E-state index in [1.54, 1.807) is 31.2 Å². The van der Waals surface area contributed by atoms with E-state index in [1.807, 2.05) is 6.92 Å². The standard InChI is InChI=1S/C11H15N5O3/c1-7(19-3)5-16-10(8-4-12-6-15(8)2)9(11(17)18)13-14-16/h4,6-7H,5H2,1-3H3,(H,17,18). The van der Waals surface area contributed by atoms with Gasteiger partial charge in [0.05, 0.1) is 30.9 Å². The molecule has 0 aromatic carbocycles. The summed E-state index contributed by atoms with van der Waals surface area (Å²) in [6.45, 7) is 2.28. The number of methoxy groups -OCH3 is 1. The van der Waals surface area contributed by atoms with Crippen molar-refractivity contribution < 1.29 is 14.6 Å². The van der Waals surface area contributed by atoms with Crippen molar-refractivity contribution in [2.24, 2.45) is 7.05 Å². The van der Waals surface area contributed by atoms with Gasteiger partial charge in [-0.1, -0.05) is 5.21 Å². The highest BCUT2D eigenvalue weighted by molar-refractivity contribution is 5.92. The van der Waals surface area contributed by atoms with E-state index < -0.39 is 5.97 Å². The molecular formula is C11H15N5O3. The van der Waals surface area contributed by atoms with Gasteiger partial charge in [0.25, 0.3) is 0 Å². The van der Waals surface area contributed by atoms with Crippen molar-refractivity contribution in [1.29, 1.82) is 0 Å². The molecule has 0 aliphatic carbocycles. The van der Waals surface area contributed by atoms with Crippen LogP contribution in [0.15, 0.2) is 12.5 Å². The van der Waals surface area contributed by atoms with E-state index in [4.69, 9.17) is 4.74 Å². The molecule has 2 aromatic rings. The van der Waals surface area contributed by atoms with Gasteiger partial charge in [-0.15, -0.1) is 5.10 Å². The van der Waals surface area contributed by atoms with Crippen LogP contribution in [-0.4, -0.2) is 48.8 Å². The Bertz CT molecular complexity index is 589. The van der Waals surface area contributed by atoms with Gasteiger partial charge in [0.2, 0.25) is 0 Å². The summed E-state index contributed by atoms with van der Waals surface area (Å²) in [6.07, 6.45) is 3.08. The van der Waals surface area contributed by atoms with Gasteiger partial charge in [-0.2, -0.15) is 0 Å². The smallest absolute Gasteiger partial charge is 0.358 e. The van der Waals surface area contributed by atoms with E-state index in [0.717, 1.165) is 0 Å². The van der Waals surface area contributed by atoms with Crippen molar-refractivity contribution in [2.45, 2.75) is 19.6 Å². The zero-order valence-corrected chi connectivity index (χ0v) is 10.9. The summed E-state index contributed by atoms with van der Waals surface area (Å²) in [5.74, 6) is -1.12. The summed E-state index contributed by atoms with van der Waals surface area (Å²) < 4.78 is 8.41. The predicted octanol–water partition coefficient (Wildman–Crippen LogP) is 0.412. The molecule has 0 saturated heterocycles. The average molecular weight is 265 g/mol. The second-order valence-electron chi connectivity index (χ2n) is 4.21. The molecule has 0 aliphatic heterocycles. The first-order valence-corrected chi connectivity index (χ1v) is 5.70. The number of ether oxygens (including phenoxy) is 1. The first-order valence-electron chi connectivity index (χ1n) is 5.70. The minimum Gasteiger partial charge on any atom is -0.476 e. The van der Waals surface area contributed by atoms with Crippen LogP contribution < -0.4 is 0 Å². The fourth-order valence-corrected chi connectivity index (χ4v) is 1.74. The first kappa shape index (κ1) is 13.2. The maximum atomic E-state index is 11.2. The third-order valence-corrected chi connectivity index (χ3v) is 2.83. The summed E-state index contributed by atoms with van der Waals surface area (Å²) >= 11 is 0. The Hall–Kier alpha value is -2.22. The average Bonchev–Trinajstić information content (AvgIpc) is 2.95. The molecule has 0 amide bonds. The van der Waals surface area contributed by atoms with Crippen molar-refractivity contribution in [3.63, 3.8) is 0 Å². The fourth-order valence-electron chi connectivity index (χ4n) is 1.74. The zero-order chi connectivity index (χ0) is 14.0. The lowest BCUT2D eigenvalue weighted by Crippen LogP contribution is -2.17. The fraction of sp³-hybridized carbons (Fsp3) is 0.455. The Kier molecular flexibility index (Phi) is 3.61. The SMILES string of the molecule is COC(C)Cn1nnc(C(=O)O)c1-c1cncn1C. The molecule has 1 atom stereocenters. The number of hydrogen-bond acceptors (Lipinski definition) is 5. The maximum Gasteiger partial charge on any atom is 0.358 e. The van der Waals surface area contributed by atoms with Crippen molar-refractivity contribution in [2.75, 3.05) is 7.11 Å². The Balaban J connectivity index is 2.51. The number of imidazole rings is 1. The number of carbonyl (C=O) groups is 1. The van der Waals surface area contributed by atoms with Gasteiger partial charge in [-0.3, -0.25) is 0 Å². The largest absolute Gasteiger partial charge is 0.476 e. The molecule has 2 heterocycles. The number of nitrogens with zero attached hydrogens (tertiary/aromatic N) is 5. The third-order valence-electron chi connectivity index (χ3n) is 2.83. The van der Waals surface area contributed by atoms with Gasteiger partial charge in [-0.25, -0.2) is 14.5 Å². The quantitative estimate of drug-likeness (QED) is 0.841. The van der Waals surface area contributed by atoms with Crippen LogP contribution in [0, 0.1) is 0 Å². The van der Waals surface area contributed by atoms with Crippen LogP contribution >= 0.6 is 0 Å². The summed E-state index contributed by atoms with van der Waals surface area (Å²) in [5, 5.41) is 16.8. The molecule has 0 bridgehead atoms. The minimum absolute atomic E-state index is 0.0908. The van der Waals surface area contributed by atoms with Gasteiger partial charge >= 0.3 is 5.97 Å². The summed E-state index contributed by atoms with van der Waals surface area (Å²) in [6, 6.07) is 0. The van der Waals surface area contributed by atoms with E-state index in [1.165, 1.54) is 4.68 Å². The van der Waals surface area contributed by atoms with Crippen molar-refractivity contribution >= 4 is 5.97 Å². The molecule has 1 N–H and O–H groups in total. The minimum atomic E-state index is -1.12. The summed E-state index contributed by atoms with van der Waals surface area (Å²) in [7, 11) is 3.37. The highest BCUT2D eigenvalue weighted by Gasteiger charge is 2.23. The molecule has 0 aliphatic rings. The lowest BCUT2D eigenvalue weighted by molar-refractivity contribution is 0.0691. The number of aryl methyl sites for hydroxylation is 1. The molecule has 0 spiro atoms. The summed E-state index contributed by atoms with van der Waals surface area (Å²) in [5.41, 5.74) is 0.981. The van der Waals surface area contributed by atoms with Gasteiger partial charge in [0, 0.05) is 14.2 Å². The Morgan fingerprint density at radius 1 is 1.58 bits per heavy atom. The molecule has 8 nitrogen and oxygen atoms in total. The topological polar surface area (TPSA) is 95.1 Å². The van der Waals surface area contributed by atoms with E-state index in [2.05, 4.69) is 15.3 Å². The van der Waals surface area contributed by atoms with Gasteiger partial charge in [0.1, 0.15) is 5.69 Å². The lowest BCUT2D eigenvalue weighted by atomic mass is 10.2. The molecule has 0 saturated carbocycles. The van der Waals surface area contributed by atoms with Crippen LogP contribution in [0.1, 0.15) is 17.4 Å². The Morgan fingerprint density at radius 2 is 2.32 bits per heavy atom. The second kappa shape index (κ2) is 5.19. The van der Waals surface area contributed by atoms with Crippen molar-refractivity contribution in [3.05, 3.63) is 18.2 Å². The van der Waals surface area contributed by atoms with Crippen molar-refractivity contribution in [1.82, 2.24) is 24.5 Å². The maximum absolute atomic E-state index is 11.2. The molecular weight excluding hydrogens is 250 g/mol. The monoisotopic (exact) mass is 265 g/mol. The van der Waals surface area contributed by atoms with E-state index in [0.29, 0.717) is 17.9 Å². The van der Waals surface area contributed by atoms with Crippen LogP contribution in [0.2, 0.25) is 0 Å². The molecule has 102 valence electrons. The van der Waals surface area contributed by atoms with Crippen molar-refractivity contribution in [3.8, 4) is 11.4 Å². The second-order valence-corrected chi connectivity index (χ2v) is 4.21. The number of hydrogen-bond donors (Lipinski definition) is 1. The Morgan fingerprint density at radius 3 is 2.84 bits per heavy atom. The zero-order valence-electron chi connectivity index (χ0n) is 10.9. The van der Waals surface area contributed by atoms with E-state index in [-0.39, 0.29) is 11.8 Å². The number of rotatable bonds is 5. The van der Waals surface area contributed by atoms with Gasteiger partial charge < -0.3 is 14.4 Å². The van der Waals surface area contributed by atoms with E-state index >= 15 is 0 Å². The molecule has 2 rings (SSSR count). The molecule has 0 fully saturated rings. The lowest BCUT2D eigenvalue weighted by Gasteiger charge is -2.12. The molecule has 1 unspecified atom stereocenters. The molecule has 19 heavy (non-hydrogen) atoms. The first-order chi connectivity index (χ1) is 9.04. The normalized spacial score (nSPS) is 12.6.